The smallest absolute Gasteiger partial charge is 0.255 e. The van der Waals surface area contributed by atoms with E-state index in [-0.39, 0.29) is 5.91 Å². The van der Waals surface area contributed by atoms with E-state index in [1.165, 1.54) is 32.1 Å². The minimum absolute atomic E-state index is 0.109. The summed E-state index contributed by atoms with van der Waals surface area (Å²) in [5, 5.41) is 14.6. The van der Waals surface area contributed by atoms with E-state index in [4.69, 9.17) is 4.74 Å². The number of rotatable bonds is 6. The highest BCUT2D eigenvalue weighted by Crippen LogP contribution is 2.53. The summed E-state index contributed by atoms with van der Waals surface area (Å²) in [5.74, 6) is 3.34. The minimum Gasteiger partial charge on any atom is -0.383 e. The van der Waals surface area contributed by atoms with Gasteiger partial charge in [-0.25, -0.2) is 0 Å². The molecule has 2 N–H and O–H groups in total. The molecule has 0 aromatic carbocycles. The molecular weight excluding hydrogens is 304 g/mol. The molecule has 5 aliphatic rings. The number of ether oxygens (including phenoxy) is 1. The van der Waals surface area contributed by atoms with Crippen LogP contribution in [0.15, 0.2) is 0 Å². The van der Waals surface area contributed by atoms with E-state index in [1.807, 2.05) is 0 Å². The van der Waals surface area contributed by atoms with Crippen molar-refractivity contribution in [1.82, 2.24) is 10.2 Å². The van der Waals surface area contributed by atoms with Crippen LogP contribution >= 0.6 is 0 Å². The molecule has 5 nitrogen and oxygen atoms in total. The Morgan fingerprint density at radius 1 is 1.21 bits per heavy atom. The number of nitrogens with zero attached hydrogens (tertiary/aromatic N) is 1. The van der Waals surface area contributed by atoms with Crippen LogP contribution < -0.4 is 5.32 Å². The summed E-state index contributed by atoms with van der Waals surface area (Å²) in [7, 11) is 1.65. The van der Waals surface area contributed by atoms with Gasteiger partial charge in [0.05, 0.1) is 6.61 Å². The molecule has 1 heterocycles. The molecule has 1 aliphatic heterocycles. The monoisotopic (exact) mass is 336 g/mol. The first kappa shape index (κ1) is 16.8. The van der Waals surface area contributed by atoms with Gasteiger partial charge in [-0.15, -0.1) is 0 Å². The van der Waals surface area contributed by atoms with Gasteiger partial charge in [-0.1, -0.05) is 0 Å². The maximum atomic E-state index is 12.7. The van der Waals surface area contributed by atoms with Gasteiger partial charge in [-0.3, -0.25) is 4.79 Å². The third-order valence-electron chi connectivity index (χ3n) is 7.13. The van der Waals surface area contributed by atoms with Crippen molar-refractivity contribution in [2.75, 3.05) is 33.4 Å². The fourth-order valence-corrected chi connectivity index (χ4v) is 6.19. The molecule has 4 aliphatic carbocycles. The summed E-state index contributed by atoms with van der Waals surface area (Å²) >= 11 is 0. The Morgan fingerprint density at radius 3 is 2.50 bits per heavy atom. The summed E-state index contributed by atoms with van der Waals surface area (Å²) in [6, 6.07) is 0.518. The molecule has 0 radical (unpaired) electrons. The Balaban J connectivity index is 1.37. The number of carbonyl (C=O) groups excluding carboxylic acids is 1. The molecule has 0 spiro atoms. The van der Waals surface area contributed by atoms with E-state index in [9.17, 15) is 9.90 Å². The number of hydrogen-bond donors (Lipinski definition) is 2. The number of nitrogens with one attached hydrogen (secondary N) is 1. The summed E-state index contributed by atoms with van der Waals surface area (Å²) in [6.45, 7) is 2.27. The number of aliphatic hydroxyl groups is 1. The van der Waals surface area contributed by atoms with Gasteiger partial charge in [-0.05, 0) is 68.6 Å². The number of likely N-dealkylation sites (tertiary alicyclic amines) is 1. The van der Waals surface area contributed by atoms with Crippen LogP contribution in [0.4, 0.5) is 0 Å². The van der Waals surface area contributed by atoms with Crippen molar-refractivity contribution in [3.8, 4) is 0 Å². The second-order valence-corrected chi connectivity index (χ2v) is 8.76. The number of carbonyl (C=O) groups is 1. The third kappa shape index (κ3) is 2.99. The van der Waals surface area contributed by atoms with Crippen molar-refractivity contribution in [1.29, 1.82) is 0 Å². The highest BCUT2D eigenvalue weighted by Gasteiger charge is 2.49. The van der Waals surface area contributed by atoms with E-state index in [2.05, 4.69) is 5.32 Å². The molecular formula is C19H32N2O3. The van der Waals surface area contributed by atoms with Gasteiger partial charge in [0, 0.05) is 32.8 Å². The Labute approximate surface area is 145 Å². The molecule has 136 valence electrons. The fraction of sp³-hybridized carbons (Fsp3) is 0.947. The summed E-state index contributed by atoms with van der Waals surface area (Å²) < 4.78 is 5.09. The minimum atomic E-state index is -1.22. The standard InChI is InChI=1S/C19H32N2O3/c1-24-6-5-21-4-2-3-19(23,18(21)22)12-20-17-15-8-13-7-14(10-15)11-16(17)9-13/h13-17,20,23H,2-12H2,1H3/t13?,14?,15?,16?,17?,19-/m0/s1. The van der Waals surface area contributed by atoms with Gasteiger partial charge < -0.3 is 20.1 Å². The van der Waals surface area contributed by atoms with Crippen LogP contribution in [0.25, 0.3) is 0 Å². The highest BCUT2D eigenvalue weighted by molar-refractivity contribution is 5.86. The fourth-order valence-electron chi connectivity index (χ4n) is 6.19. The zero-order chi connectivity index (χ0) is 16.7. The Hall–Kier alpha value is -0.650. The molecule has 0 unspecified atom stereocenters. The van der Waals surface area contributed by atoms with E-state index in [0.29, 0.717) is 32.2 Å². The average Bonchev–Trinajstić information content (AvgIpc) is 2.55. The number of amides is 1. The van der Waals surface area contributed by atoms with Gasteiger partial charge in [0.1, 0.15) is 0 Å². The summed E-state index contributed by atoms with van der Waals surface area (Å²) in [5.41, 5.74) is -1.22. The molecule has 4 saturated carbocycles. The van der Waals surface area contributed by atoms with E-state index in [1.54, 1.807) is 12.0 Å². The quantitative estimate of drug-likeness (QED) is 0.770. The van der Waals surface area contributed by atoms with Crippen LogP contribution in [-0.2, 0) is 9.53 Å². The molecule has 5 rings (SSSR count). The lowest BCUT2D eigenvalue weighted by Crippen LogP contribution is -2.62. The molecule has 1 amide bonds. The van der Waals surface area contributed by atoms with Crippen LogP contribution in [0.1, 0.15) is 44.9 Å². The van der Waals surface area contributed by atoms with Crippen LogP contribution in [0.2, 0.25) is 0 Å². The van der Waals surface area contributed by atoms with Crippen molar-refractivity contribution in [3.05, 3.63) is 0 Å². The first-order valence-corrected chi connectivity index (χ1v) is 9.83. The van der Waals surface area contributed by atoms with E-state index < -0.39 is 5.60 Å². The van der Waals surface area contributed by atoms with Crippen LogP contribution in [0.3, 0.4) is 0 Å². The highest BCUT2D eigenvalue weighted by atomic mass is 16.5. The summed E-state index contributed by atoms with van der Waals surface area (Å²) in [6.07, 6.45) is 8.34. The van der Waals surface area contributed by atoms with Crippen molar-refractivity contribution >= 4 is 5.91 Å². The van der Waals surface area contributed by atoms with Gasteiger partial charge in [0.15, 0.2) is 5.60 Å². The van der Waals surface area contributed by atoms with Crippen molar-refractivity contribution in [2.45, 2.75) is 56.6 Å². The maximum Gasteiger partial charge on any atom is 0.255 e. The lowest BCUT2D eigenvalue weighted by Gasteiger charge is -2.55. The van der Waals surface area contributed by atoms with Crippen molar-refractivity contribution < 1.29 is 14.6 Å². The lowest BCUT2D eigenvalue weighted by atomic mass is 9.54. The normalized spacial score (nSPS) is 44.3. The summed E-state index contributed by atoms with van der Waals surface area (Å²) in [4.78, 5) is 14.5. The first-order chi connectivity index (χ1) is 11.6. The number of hydrogen-bond acceptors (Lipinski definition) is 4. The van der Waals surface area contributed by atoms with Gasteiger partial charge >= 0.3 is 0 Å². The molecule has 0 aromatic heterocycles. The molecule has 24 heavy (non-hydrogen) atoms. The van der Waals surface area contributed by atoms with Crippen molar-refractivity contribution in [2.24, 2.45) is 23.7 Å². The number of methoxy groups -OCH3 is 1. The van der Waals surface area contributed by atoms with E-state index >= 15 is 0 Å². The lowest BCUT2D eigenvalue weighted by molar-refractivity contribution is -0.158. The topological polar surface area (TPSA) is 61.8 Å². The van der Waals surface area contributed by atoms with Crippen LogP contribution in [-0.4, -0.2) is 60.9 Å². The van der Waals surface area contributed by atoms with Crippen molar-refractivity contribution in [3.63, 3.8) is 0 Å². The van der Waals surface area contributed by atoms with Crippen LogP contribution in [0, 0.1) is 23.7 Å². The van der Waals surface area contributed by atoms with Gasteiger partial charge in [0.25, 0.3) is 5.91 Å². The Kier molecular flexibility index (Phi) is 4.61. The molecule has 5 fully saturated rings. The SMILES string of the molecule is COCCN1CCC[C@](O)(CNC2C3CC4CC(C3)CC2C4)C1=O. The maximum absolute atomic E-state index is 12.7. The average molecular weight is 336 g/mol. The molecule has 1 atom stereocenters. The van der Waals surface area contributed by atoms with E-state index in [0.717, 1.165) is 36.6 Å². The Morgan fingerprint density at radius 2 is 1.88 bits per heavy atom. The molecule has 5 heteroatoms. The van der Waals surface area contributed by atoms with Gasteiger partial charge in [0.2, 0.25) is 0 Å². The second-order valence-electron chi connectivity index (χ2n) is 8.76. The molecule has 1 saturated heterocycles. The largest absolute Gasteiger partial charge is 0.383 e. The second kappa shape index (κ2) is 6.58. The first-order valence-electron chi connectivity index (χ1n) is 9.83. The predicted octanol–water partition coefficient (Wildman–Crippen LogP) is 1.40. The van der Waals surface area contributed by atoms with Gasteiger partial charge in [-0.2, -0.15) is 0 Å². The predicted molar refractivity (Wildman–Crippen MR) is 91.5 cm³/mol. The molecule has 4 bridgehead atoms. The Bertz CT molecular complexity index is 455. The zero-order valence-corrected chi connectivity index (χ0v) is 14.9. The number of piperidine rings is 1. The third-order valence-corrected chi connectivity index (χ3v) is 7.13. The molecule has 0 aromatic rings. The zero-order valence-electron chi connectivity index (χ0n) is 14.9. The van der Waals surface area contributed by atoms with Crippen LogP contribution in [0.5, 0.6) is 0 Å².